The van der Waals surface area contributed by atoms with Gasteiger partial charge in [0.15, 0.2) is 23.7 Å². The van der Waals surface area contributed by atoms with Crippen molar-refractivity contribution in [3.05, 3.63) is 41.2 Å². The second-order valence-corrected chi connectivity index (χ2v) is 7.78. The smallest absolute Gasteiger partial charge is 0.303 e. The van der Waals surface area contributed by atoms with Crippen LogP contribution in [0.3, 0.4) is 0 Å². The van der Waals surface area contributed by atoms with Crippen molar-refractivity contribution in [1.82, 2.24) is 14.6 Å². The Bertz CT molecular complexity index is 1260. The van der Waals surface area contributed by atoms with E-state index in [2.05, 4.69) is 10.2 Å². The van der Waals surface area contributed by atoms with Crippen LogP contribution in [0.2, 0.25) is 5.02 Å². The fraction of sp³-hybridized carbons (Fsp3) is 0.364. The molecule has 0 saturated heterocycles. The van der Waals surface area contributed by atoms with E-state index in [1.54, 1.807) is 34.7 Å². The van der Waals surface area contributed by atoms with Crippen LogP contribution in [0.1, 0.15) is 39.6 Å². The number of carbonyl (C=O) groups excluding carboxylic acids is 4. The molecular weight excluding hydrogens is 470 g/mol. The topological polar surface area (TPSA) is 135 Å². The lowest BCUT2D eigenvalue weighted by Crippen LogP contribution is -2.44. The summed E-state index contributed by atoms with van der Waals surface area (Å²) >= 11 is 6.12. The normalized spacial score (nSPS) is 13.7. The van der Waals surface area contributed by atoms with Crippen LogP contribution in [0.4, 0.5) is 0 Å². The highest BCUT2D eigenvalue weighted by atomic mass is 35.5. The minimum Gasteiger partial charge on any atom is -0.462 e. The van der Waals surface area contributed by atoms with Gasteiger partial charge >= 0.3 is 23.9 Å². The van der Waals surface area contributed by atoms with Gasteiger partial charge in [0, 0.05) is 38.1 Å². The van der Waals surface area contributed by atoms with Crippen molar-refractivity contribution in [1.29, 1.82) is 0 Å². The van der Waals surface area contributed by atoms with E-state index in [0.717, 1.165) is 26.2 Å². The van der Waals surface area contributed by atoms with Crippen LogP contribution in [0, 0.1) is 0 Å². The van der Waals surface area contributed by atoms with Crippen molar-refractivity contribution in [2.75, 3.05) is 6.61 Å². The minimum absolute atomic E-state index is 0.0874. The Hall–Kier alpha value is -3.73. The maximum atomic E-state index is 12.1. The zero-order valence-corrected chi connectivity index (χ0v) is 19.6. The number of nitrogens with zero attached hydrogens (tertiary/aromatic N) is 3. The third kappa shape index (κ3) is 5.79. The Kier molecular flexibility index (Phi) is 7.67. The molecule has 0 aliphatic heterocycles. The molecule has 0 aliphatic carbocycles. The standard InChI is InChI=1S/C22H22ClN3O8/c1-11(27)31-10-18(32-12(2)28)20(33-13(3)29)21(34-14(4)30)22-25-24-19-8-5-15-9-16(23)6-7-17(15)26(19)22/h5-9,18,20-21H,10H2,1-4H3/t18-,20-,21+/m1/s1. The van der Waals surface area contributed by atoms with Crippen molar-refractivity contribution in [3.63, 3.8) is 0 Å². The highest BCUT2D eigenvalue weighted by molar-refractivity contribution is 6.31. The van der Waals surface area contributed by atoms with Gasteiger partial charge in [0.1, 0.15) is 6.61 Å². The SMILES string of the molecule is CC(=O)OC[C@@H](OC(C)=O)[C@@H](OC(C)=O)[C@H](OC(C)=O)c1nnc2ccc3cc(Cl)ccc3n12. The summed E-state index contributed by atoms with van der Waals surface area (Å²) in [6, 6.07) is 8.60. The Morgan fingerprint density at radius 2 is 1.56 bits per heavy atom. The van der Waals surface area contributed by atoms with E-state index >= 15 is 0 Å². The predicted molar refractivity (Wildman–Crippen MR) is 118 cm³/mol. The summed E-state index contributed by atoms with van der Waals surface area (Å²) in [5.74, 6) is -2.78. The number of ether oxygens (including phenoxy) is 4. The fourth-order valence-corrected chi connectivity index (χ4v) is 3.63. The fourth-order valence-electron chi connectivity index (χ4n) is 3.45. The molecule has 12 heteroatoms. The Labute approximate surface area is 198 Å². The van der Waals surface area contributed by atoms with E-state index < -0.39 is 48.8 Å². The number of rotatable bonds is 8. The van der Waals surface area contributed by atoms with Crippen LogP contribution in [0.5, 0.6) is 0 Å². The first-order valence-corrected chi connectivity index (χ1v) is 10.5. The number of halogens is 1. The average molecular weight is 492 g/mol. The zero-order chi connectivity index (χ0) is 25.0. The van der Waals surface area contributed by atoms with Crippen LogP contribution in [-0.4, -0.2) is 57.3 Å². The molecule has 0 amide bonds. The molecule has 1 aromatic carbocycles. The summed E-state index contributed by atoms with van der Waals surface area (Å²) in [7, 11) is 0. The number of benzene rings is 1. The molecule has 0 aliphatic rings. The lowest BCUT2D eigenvalue weighted by Gasteiger charge is -2.30. The molecule has 0 bridgehead atoms. The molecule has 3 rings (SSSR count). The van der Waals surface area contributed by atoms with Crippen molar-refractivity contribution in [2.24, 2.45) is 0 Å². The number of pyridine rings is 1. The molecule has 0 unspecified atom stereocenters. The first kappa shape index (κ1) is 24.9. The van der Waals surface area contributed by atoms with Gasteiger partial charge in [0.2, 0.25) is 6.10 Å². The molecule has 0 fully saturated rings. The average Bonchev–Trinajstić information content (AvgIpc) is 3.17. The monoisotopic (exact) mass is 491 g/mol. The second kappa shape index (κ2) is 10.5. The minimum atomic E-state index is -1.42. The van der Waals surface area contributed by atoms with Crippen LogP contribution in [-0.2, 0) is 38.1 Å². The lowest BCUT2D eigenvalue weighted by molar-refractivity contribution is -0.190. The third-order valence-electron chi connectivity index (χ3n) is 4.64. The van der Waals surface area contributed by atoms with Gasteiger partial charge in [0.05, 0.1) is 5.52 Å². The van der Waals surface area contributed by atoms with E-state index in [4.69, 9.17) is 30.5 Å². The molecule has 2 heterocycles. The van der Waals surface area contributed by atoms with E-state index in [-0.39, 0.29) is 5.82 Å². The van der Waals surface area contributed by atoms with Crippen molar-refractivity contribution in [2.45, 2.75) is 46.0 Å². The van der Waals surface area contributed by atoms with Crippen LogP contribution >= 0.6 is 11.6 Å². The molecule has 0 N–H and O–H groups in total. The van der Waals surface area contributed by atoms with E-state index in [1.807, 2.05) is 0 Å². The number of hydrogen-bond donors (Lipinski definition) is 0. The summed E-state index contributed by atoms with van der Waals surface area (Å²) < 4.78 is 22.8. The highest BCUT2D eigenvalue weighted by Gasteiger charge is 2.41. The number of esters is 4. The molecule has 0 spiro atoms. The Morgan fingerprint density at radius 1 is 0.882 bits per heavy atom. The quantitative estimate of drug-likeness (QED) is 0.341. The van der Waals surface area contributed by atoms with Crippen molar-refractivity contribution in [3.8, 4) is 0 Å². The molecule has 2 aromatic heterocycles. The molecule has 3 aromatic rings. The van der Waals surface area contributed by atoms with Crippen LogP contribution in [0.25, 0.3) is 16.6 Å². The largest absolute Gasteiger partial charge is 0.462 e. The summed E-state index contributed by atoms with van der Waals surface area (Å²) in [4.78, 5) is 47.2. The van der Waals surface area contributed by atoms with Crippen LogP contribution < -0.4 is 0 Å². The van der Waals surface area contributed by atoms with E-state index in [1.165, 1.54) is 6.92 Å². The van der Waals surface area contributed by atoms with Gasteiger partial charge in [-0.15, -0.1) is 10.2 Å². The van der Waals surface area contributed by atoms with Crippen molar-refractivity contribution >= 4 is 52.0 Å². The summed E-state index contributed by atoms with van der Waals surface area (Å²) in [6.45, 7) is 4.13. The summed E-state index contributed by atoms with van der Waals surface area (Å²) in [6.07, 6.45) is -4.11. The highest BCUT2D eigenvalue weighted by Crippen LogP contribution is 2.30. The molecule has 11 nitrogen and oxygen atoms in total. The summed E-state index contributed by atoms with van der Waals surface area (Å²) in [5.41, 5.74) is 1.04. The Balaban J connectivity index is 2.21. The number of fused-ring (bicyclic) bond motifs is 3. The van der Waals surface area contributed by atoms with Gasteiger partial charge in [-0.05, 0) is 30.3 Å². The second-order valence-electron chi connectivity index (χ2n) is 7.34. The maximum absolute atomic E-state index is 12.1. The van der Waals surface area contributed by atoms with E-state index in [0.29, 0.717) is 16.2 Å². The van der Waals surface area contributed by atoms with Gasteiger partial charge in [-0.3, -0.25) is 23.6 Å². The van der Waals surface area contributed by atoms with Gasteiger partial charge in [0.25, 0.3) is 0 Å². The molecule has 180 valence electrons. The Morgan fingerprint density at radius 3 is 2.18 bits per heavy atom. The predicted octanol–water partition coefficient (Wildman–Crippen LogP) is 2.57. The van der Waals surface area contributed by atoms with E-state index in [9.17, 15) is 19.2 Å². The first-order valence-electron chi connectivity index (χ1n) is 10.1. The number of hydrogen-bond acceptors (Lipinski definition) is 10. The third-order valence-corrected chi connectivity index (χ3v) is 4.87. The molecular formula is C22H22ClN3O8. The van der Waals surface area contributed by atoms with Crippen LogP contribution in [0.15, 0.2) is 30.3 Å². The first-order chi connectivity index (χ1) is 16.1. The van der Waals surface area contributed by atoms with Gasteiger partial charge in [-0.2, -0.15) is 0 Å². The van der Waals surface area contributed by atoms with Crippen molar-refractivity contribution < 1.29 is 38.1 Å². The molecule has 0 saturated carbocycles. The van der Waals surface area contributed by atoms with Gasteiger partial charge in [-0.25, -0.2) is 0 Å². The summed E-state index contributed by atoms with van der Waals surface area (Å²) in [5, 5.41) is 9.55. The number of carbonyl (C=O) groups is 4. The van der Waals surface area contributed by atoms with Gasteiger partial charge in [-0.1, -0.05) is 11.6 Å². The zero-order valence-electron chi connectivity index (χ0n) is 18.8. The maximum Gasteiger partial charge on any atom is 0.303 e. The molecule has 3 atom stereocenters. The van der Waals surface area contributed by atoms with Gasteiger partial charge < -0.3 is 18.9 Å². The lowest BCUT2D eigenvalue weighted by atomic mass is 10.1. The molecule has 34 heavy (non-hydrogen) atoms. The number of aromatic nitrogens is 3. The molecule has 0 radical (unpaired) electrons.